The van der Waals surface area contributed by atoms with E-state index in [1.54, 1.807) is 25.3 Å². The second kappa shape index (κ2) is 15.2. The first-order chi connectivity index (χ1) is 20.6. The number of anilines is 1. The Morgan fingerprint density at radius 2 is 1.81 bits per heavy atom. The molecule has 0 radical (unpaired) electrons. The van der Waals surface area contributed by atoms with Crippen molar-refractivity contribution in [1.29, 1.82) is 0 Å². The molecule has 3 aromatic carbocycles. The van der Waals surface area contributed by atoms with Gasteiger partial charge in [0.15, 0.2) is 11.6 Å². The van der Waals surface area contributed by atoms with Crippen molar-refractivity contribution in [2.75, 3.05) is 64.6 Å². The lowest BCUT2D eigenvalue weighted by molar-refractivity contribution is -0.0328. The number of fused-ring (bicyclic) bond motifs is 1. The summed E-state index contributed by atoms with van der Waals surface area (Å²) >= 11 is 0. The highest BCUT2D eigenvalue weighted by atomic mass is 19.1. The molecule has 2 aliphatic rings. The number of hydrogen-bond acceptors (Lipinski definition) is 8. The molecule has 1 fully saturated rings. The van der Waals surface area contributed by atoms with Crippen LogP contribution in [0.25, 0.3) is 0 Å². The zero-order valence-electron chi connectivity index (χ0n) is 24.2. The molecule has 1 saturated heterocycles. The molecule has 3 atom stereocenters. The van der Waals surface area contributed by atoms with E-state index in [-0.39, 0.29) is 23.6 Å². The molecule has 0 aromatic heterocycles. The standard InChI is InChI=1S/C33H41FN2O6/c1-38-16-4-14-36-15-19-41-31-13-8-24(20-28(31)36)23-42-32-22-35-21-29(37)33(32)25-9-11-26(12-10-25)39-17-5-18-40-30-7-3-2-6-27(30)34/h2-3,6-13,20,29,32-33,35,37H,4-5,14-19,21-23H2,1H3. The van der Waals surface area contributed by atoms with Crippen molar-refractivity contribution in [2.24, 2.45) is 0 Å². The molecule has 3 unspecified atom stereocenters. The maximum atomic E-state index is 13.7. The molecule has 5 rings (SSSR count). The van der Waals surface area contributed by atoms with Crippen LogP contribution in [0.4, 0.5) is 10.1 Å². The molecule has 2 aliphatic heterocycles. The van der Waals surface area contributed by atoms with Gasteiger partial charge >= 0.3 is 0 Å². The minimum atomic E-state index is -0.570. The number of aliphatic hydroxyl groups is 1. The molecular formula is C33H41FN2O6. The summed E-state index contributed by atoms with van der Waals surface area (Å²) in [6.07, 6.45) is 0.816. The van der Waals surface area contributed by atoms with Gasteiger partial charge in [-0.3, -0.25) is 0 Å². The number of methoxy groups -OCH3 is 1. The van der Waals surface area contributed by atoms with E-state index in [2.05, 4.69) is 16.3 Å². The third kappa shape index (κ3) is 7.92. The quantitative estimate of drug-likeness (QED) is 0.269. The van der Waals surface area contributed by atoms with Gasteiger partial charge in [-0.05, 0) is 53.9 Å². The van der Waals surface area contributed by atoms with Crippen LogP contribution in [0.1, 0.15) is 29.9 Å². The fourth-order valence-electron chi connectivity index (χ4n) is 5.50. The number of hydrogen-bond donors (Lipinski definition) is 2. The maximum Gasteiger partial charge on any atom is 0.165 e. The van der Waals surface area contributed by atoms with Crippen LogP contribution in [-0.4, -0.2) is 77.0 Å². The first-order valence-corrected chi connectivity index (χ1v) is 14.7. The lowest BCUT2D eigenvalue weighted by Gasteiger charge is -2.36. The van der Waals surface area contributed by atoms with E-state index in [0.717, 1.165) is 54.4 Å². The predicted octanol–water partition coefficient (Wildman–Crippen LogP) is 4.54. The van der Waals surface area contributed by atoms with Gasteiger partial charge in [0.05, 0.1) is 44.3 Å². The minimum absolute atomic E-state index is 0.166. The molecule has 2 heterocycles. The molecule has 0 aliphatic carbocycles. The largest absolute Gasteiger partial charge is 0.493 e. The minimum Gasteiger partial charge on any atom is -0.493 e. The lowest BCUT2D eigenvalue weighted by atomic mass is 9.85. The molecule has 8 nitrogen and oxygen atoms in total. The van der Waals surface area contributed by atoms with Crippen molar-refractivity contribution in [1.82, 2.24) is 5.32 Å². The maximum absolute atomic E-state index is 13.7. The van der Waals surface area contributed by atoms with Gasteiger partial charge in [-0.25, -0.2) is 4.39 Å². The van der Waals surface area contributed by atoms with Gasteiger partial charge in [0.1, 0.15) is 18.1 Å². The number of rotatable bonds is 14. The zero-order chi connectivity index (χ0) is 29.1. The van der Waals surface area contributed by atoms with Crippen molar-refractivity contribution in [3.05, 3.63) is 83.7 Å². The van der Waals surface area contributed by atoms with Crippen LogP contribution in [0.15, 0.2) is 66.7 Å². The summed E-state index contributed by atoms with van der Waals surface area (Å²) in [6.45, 7) is 5.58. The molecule has 2 N–H and O–H groups in total. The van der Waals surface area contributed by atoms with E-state index in [1.807, 2.05) is 36.4 Å². The summed E-state index contributed by atoms with van der Waals surface area (Å²) < 4.78 is 42.6. The van der Waals surface area contributed by atoms with Gasteiger partial charge in [0.25, 0.3) is 0 Å². The number of piperidine rings is 1. The molecule has 0 spiro atoms. The number of ether oxygens (including phenoxy) is 5. The number of nitrogens with one attached hydrogen (secondary N) is 1. The van der Waals surface area contributed by atoms with Gasteiger partial charge in [-0.1, -0.05) is 30.3 Å². The van der Waals surface area contributed by atoms with E-state index in [1.165, 1.54) is 6.07 Å². The molecule has 0 bridgehead atoms. The SMILES string of the molecule is COCCCN1CCOc2ccc(COC3CNCC(O)C3c3ccc(OCCCOc4ccccc4F)cc3)cc21. The summed E-state index contributed by atoms with van der Waals surface area (Å²) in [6, 6.07) is 20.4. The Balaban J connectivity index is 1.14. The van der Waals surface area contributed by atoms with E-state index in [9.17, 15) is 9.50 Å². The van der Waals surface area contributed by atoms with Crippen molar-refractivity contribution in [2.45, 2.75) is 37.6 Å². The van der Waals surface area contributed by atoms with Gasteiger partial charge in [-0.2, -0.15) is 0 Å². The average molecular weight is 581 g/mol. The van der Waals surface area contributed by atoms with Crippen molar-refractivity contribution >= 4 is 5.69 Å². The number of halogens is 1. The van der Waals surface area contributed by atoms with Crippen LogP contribution in [0, 0.1) is 5.82 Å². The number of benzene rings is 3. The Morgan fingerprint density at radius 3 is 2.64 bits per heavy atom. The van der Waals surface area contributed by atoms with Crippen LogP contribution in [0.2, 0.25) is 0 Å². The number of para-hydroxylation sites is 1. The van der Waals surface area contributed by atoms with Gasteiger partial charge in [0.2, 0.25) is 0 Å². The number of β-amino-alcohol motifs (C(OH)–C–C–N with tert-alkyl or cyclic N) is 1. The first-order valence-electron chi connectivity index (χ1n) is 14.7. The first kappa shape index (κ1) is 30.1. The average Bonchev–Trinajstić information content (AvgIpc) is 3.01. The second-order valence-corrected chi connectivity index (χ2v) is 10.6. The Morgan fingerprint density at radius 1 is 0.976 bits per heavy atom. The highest BCUT2D eigenvalue weighted by Gasteiger charge is 2.34. The Labute approximate surface area is 247 Å². The normalized spacial score (nSPS) is 20.1. The zero-order valence-corrected chi connectivity index (χ0v) is 24.2. The predicted molar refractivity (Wildman–Crippen MR) is 159 cm³/mol. The summed E-state index contributed by atoms with van der Waals surface area (Å²) in [5.74, 6) is 1.35. The third-order valence-electron chi connectivity index (χ3n) is 7.65. The topological polar surface area (TPSA) is 81.7 Å². The molecule has 0 saturated carbocycles. The van der Waals surface area contributed by atoms with E-state index in [4.69, 9.17) is 23.7 Å². The summed E-state index contributed by atoms with van der Waals surface area (Å²) in [5, 5.41) is 14.2. The number of aliphatic hydroxyl groups excluding tert-OH is 1. The molecule has 226 valence electrons. The number of nitrogens with zero attached hydrogens (tertiary/aromatic N) is 1. The van der Waals surface area contributed by atoms with Crippen LogP contribution in [-0.2, 0) is 16.1 Å². The van der Waals surface area contributed by atoms with Gasteiger partial charge in [-0.15, -0.1) is 0 Å². The van der Waals surface area contributed by atoms with Crippen molar-refractivity contribution in [3.8, 4) is 17.2 Å². The Hall–Kier alpha value is -3.37. The molecule has 3 aromatic rings. The van der Waals surface area contributed by atoms with Crippen molar-refractivity contribution in [3.63, 3.8) is 0 Å². The monoisotopic (exact) mass is 580 g/mol. The highest BCUT2D eigenvalue weighted by Crippen LogP contribution is 2.34. The Kier molecular flexibility index (Phi) is 10.9. The van der Waals surface area contributed by atoms with Gasteiger partial charge < -0.3 is 39.0 Å². The summed E-state index contributed by atoms with van der Waals surface area (Å²) in [4.78, 5) is 2.34. The Bertz CT molecular complexity index is 1260. The lowest BCUT2D eigenvalue weighted by Crippen LogP contribution is -2.49. The molecule has 0 amide bonds. The summed E-state index contributed by atoms with van der Waals surface area (Å²) in [5.41, 5.74) is 3.16. The fourth-order valence-corrected chi connectivity index (χ4v) is 5.50. The van der Waals surface area contributed by atoms with Crippen LogP contribution >= 0.6 is 0 Å². The third-order valence-corrected chi connectivity index (χ3v) is 7.65. The van der Waals surface area contributed by atoms with Crippen molar-refractivity contribution < 1.29 is 33.2 Å². The fraction of sp³-hybridized carbons (Fsp3) is 0.455. The summed E-state index contributed by atoms with van der Waals surface area (Å²) in [7, 11) is 1.73. The van der Waals surface area contributed by atoms with Crippen LogP contribution < -0.4 is 24.4 Å². The smallest absolute Gasteiger partial charge is 0.165 e. The molecule has 9 heteroatoms. The molecular weight excluding hydrogens is 539 g/mol. The van der Waals surface area contributed by atoms with Crippen LogP contribution in [0.3, 0.4) is 0 Å². The molecule has 42 heavy (non-hydrogen) atoms. The second-order valence-electron chi connectivity index (χ2n) is 10.6. The highest BCUT2D eigenvalue weighted by molar-refractivity contribution is 5.61. The van der Waals surface area contributed by atoms with Crippen LogP contribution in [0.5, 0.6) is 17.2 Å². The van der Waals surface area contributed by atoms with E-state index >= 15 is 0 Å². The van der Waals surface area contributed by atoms with E-state index in [0.29, 0.717) is 45.9 Å². The van der Waals surface area contributed by atoms with Gasteiger partial charge in [0, 0.05) is 45.7 Å². The van der Waals surface area contributed by atoms with E-state index < -0.39 is 6.10 Å².